The van der Waals surface area contributed by atoms with Gasteiger partial charge in [-0.3, -0.25) is 14.9 Å². The summed E-state index contributed by atoms with van der Waals surface area (Å²) in [6.45, 7) is 3.22. The van der Waals surface area contributed by atoms with Crippen LogP contribution in [0.4, 0.5) is 11.4 Å². The first kappa shape index (κ1) is 22.9. The minimum absolute atomic E-state index is 0.0525. The van der Waals surface area contributed by atoms with Crippen LogP contribution in [0, 0.1) is 24.0 Å². The molecule has 10 nitrogen and oxygen atoms in total. The number of carbonyl (C=O) groups is 2. The van der Waals surface area contributed by atoms with Crippen LogP contribution >= 0.6 is 0 Å². The van der Waals surface area contributed by atoms with E-state index in [0.717, 1.165) is 0 Å². The number of sulfone groups is 1. The van der Waals surface area contributed by atoms with Gasteiger partial charge < -0.3 is 15.4 Å². The van der Waals surface area contributed by atoms with Crippen molar-refractivity contribution in [3.8, 4) is 0 Å². The van der Waals surface area contributed by atoms with Gasteiger partial charge in [-0.1, -0.05) is 18.2 Å². The number of carboxylic acids is 1. The van der Waals surface area contributed by atoms with Crippen LogP contribution < -0.4 is 5.32 Å². The minimum atomic E-state index is -3.98. The fourth-order valence-electron chi connectivity index (χ4n) is 3.99. The number of anilines is 1. The molecule has 0 fully saturated rings. The molecule has 1 aliphatic rings. The predicted octanol–water partition coefficient (Wildman–Crippen LogP) is 3.70. The van der Waals surface area contributed by atoms with E-state index in [2.05, 4.69) is 10.3 Å². The summed E-state index contributed by atoms with van der Waals surface area (Å²) in [5.41, 5.74) is 2.05. The molecule has 0 radical (unpaired) electrons. The Morgan fingerprint density at radius 2 is 1.88 bits per heavy atom. The Bertz CT molecular complexity index is 1520. The van der Waals surface area contributed by atoms with Crippen molar-refractivity contribution in [2.75, 3.05) is 5.32 Å². The summed E-state index contributed by atoms with van der Waals surface area (Å²) in [6.07, 6.45) is 1.48. The number of benzene rings is 2. The lowest BCUT2D eigenvalue weighted by Gasteiger charge is -2.08. The number of nitro benzene ring substituents is 1. The molecular weight excluding hydrogens is 462 g/mol. The Morgan fingerprint density at radius 1 is 1.18 bits per heavy atom. The molecule has 1 aromatic heterocycles. The van der Waals surface area contributed by atoms with Crippen LogP contribution in [0.3, 0.4) is 0 Å². The molecule has 3 aromatic rings. The quantitative estimate of drug-likeness (QED) is 0.275. The zero-order valence-electron chi connectivity index (χ0n) is 18.1. The van der Waals surface area contributed by atoms with Crippen LogP contribution in [0.2, 0.25) is 0 Å². The van der Waals surface area contributed by atoms with Crippen molar-refractivity contribution in [1.29, 1.82) is 0 Å². The zero-order valence-corrected chi connectivity index (χ0v) is 18.9. The van der Waals surface area contributed by atoms with E-state index in [-0.39, 0.29) is 27.3 Å². The number of carbonyl (C=O) groups excluding carboxylic acids is 1. The maximum Gasteiger partial charge on any atom is 0.337 e. The van der Waals surface area contributed by atoms with Gasteiger partial charge in [-0.2, -0.15) is 0 Å². The number of aromatic carboxylic acids is 1. The molecule has 2 heterocycles. The molecule has 11 heteroatoms. The highest BCUT2D eigenvalue weighted by Crippen LogP contribution is 2.36. The summed E-state index contributed by atoms with van der Waals surface area (Å²) in [5, 5.41) is 23.3. The van der Waals surface area contributed by atoms with Gasteiger partial charge in [0.25, 0.3) is 11.6 Å². The third-order valence-electron chi connectivity index (χ3n) is 5.65. The first-order chi connectivity index (χ1) is 16.0. The zero-order chi connectivity index (χ0) is 24.8. The first-order valence-corrected chi connectivity index (χ1v) is 11.7. The van der Waals surface area contributed by atoms with Crippen LogP contribution in [-0.2, 0) is 20.4 Å². The highest BCUT2D eigenvalue weighted by atomic mass is 32.2. The molecule has 0 unspecified atom stereocenters. The number of aromatic nitrogens is 1. The number of nitrogens with one attached hydrogen (secondary N) is 2. The number of H-pyrrole nitrogens is 1. The maximum absolute atomic E-state index is 13.1. The molecule has 1 amide bonds. The van der Waals surface area contributed by atoms with E-state index in [1.807, 2.05) is 0 Å². The SMILES string of the molecule is Cc1[nH]c(/C=C2\C(=O)Nc3ccc(S(=O)(=O)Cc4ccccc4[N+](=O)[O-])cc32)c(C)c1C(=O)O. The Morgan fingerprint density at radius 3 is 2.53 bits per heavy atom. The Balaban J connectivity index is 1.76. The van der Waals surface area contributed by atoms with Crippen LogP contribution in [0.1, 0.15) is 38.4 Å². The van der Waals surface area contributed by atoms with Crippen LogP contribution in [0.15, 0.2) is 47.4 Å². The van der Waals surface area contributed by atoms with E-state index in [4.69, 9.17) is 0 Å². The molecule has 0 saturated heterocycles. The second kappa shape index (κ2) is 8.27. The summed E-state index contributed by atoms with van der Waals surface area (Å²) < 4.78 is 26.2. The largest absolute Gasteiger partial charge is 0.478 e. The second-order valence-corrected chi connectivity index (χ2v) is 9.82. The van der Waals surface area contributed by atoms with E-state index in [1.54, 1.807) is 13.8 Å². The third-order valence-corrected chi connectivity index (χ3v) is 7.31. The van der Waals surface area contributed by atoms with Crippen molar-refractivity contribution in [3.05, 3.63) is 86.2 Å². The number of aryl methyl sites for hydroxylation is 1. The van der Waals surface area contributed by atoms with Gasteiger partial charge in [0.2, 0.25) is 0 Å². The van der Waals surface area contributed by atoms with E-state index in [9.17, 15) is 33.2 Å². The summed E-state index contributed by atoms with van der Waals surface area (Å²) in [6, 6.07) is 9.73. The van der Waals surface area contributed by atoms with Crippen molar-refractivity contribution in [3.63, 3.8) is 0 Å². The lowest BCUT2D eigenvalue weighted by molar-refractivity contribution is -0.385. The Kier molecular flexibility index (Phi) is 5.57. The van der Waals surface area contributed by atoms with Crippen molar-refractivity contribution in [2.45, 2.75) is 24.5 Å². The van der Waals surface area contributed by atoms with Crippen molar-refractivity contribution >= 4 is 44.7 Å². The maximum atomic E-state index is 13.1. The highest BCUT2D eigenvalue weighted by molar-refractivity contribution is 7.90. The number of fused-ring (bicyclic) bond motifs is 1. The monoisotopic (exact) mass is 481 g/mol. The van der Waals surface area contributed by atoms with Crippen LogP contribution in [0.25, 0.3) is 11.6 Å². The number of hydrogen-bond acceptors (Lipinski definition) is 6. The number of hydrogen-bond donors (Lipinski definition) is 3. The summed E-state index contributed by atoms with van der Waals surface area (Å²) in [5.74, 6) is -2.15. The molecule has 0 bridgehead atoms. The Hall–Kier alpha value is -4.25. The third kappa shape index (κ3) is 3.97. The summed E-state index contributed by atoms with van der Waals surface area (Å²) >= 11 is 0. The molecule has 1 aliphatic heterocycles. The van der Waals surface area contributed by atoms with Crippen molar-refractivity contribution in [2.24, 2.45) is 0 Å². The van der Waals surface area contributed by atoms with Gasteiger partial charge in [-0.15, -0.1) is 0 Å². The fraction of sp³-hybridized carbons (Fsp3) is 0.130. The molecule has 0 spiro atoms. The number of nitrogens with zero attached hydrogens (tertiary/aromatic N) is 1. The van der Waals surface area contributed by atoms with E-state index in [1.165, 1.54) is 48.5 Å². The van der Waals surface area contributed by atoms with E-state index >= 15 is 0 Å². The molecule has 34 heavy (non-hydrogen) atoms. The van der Waals surface area contributed by atoms with Gasteiger partial charge in [0.05, 0.1) is 26.7 Å². The van der Waals surface area contributed by atoms with Gasteiger partial charge >= 0.3 is 5.97 Å². The van der Waals surface area contributed by atoms with Gasteiger partial charge in [0.1, 0.15) is 0 Å². The smallest absolute Gasteiger partial charge is 0.337 e. The summed E-state index contributed by atoms with van der Waals surface area (Å²) in [4.78, 5) is 37.6. The molecule has 0 saturated carbocycles. The van der Waals surface area contributed by atoms with Gasteiger partial charge in [0.15, 0.2) is 9.84 Å². The highest BCUT2D eigenvalue weighted by Gasteiger charge is 2.29. The van der Waals surface area contributed by atoms with Gasteiger partial charge in [-0.05, 0) is 43.7 Å². The molecule has 2 aromatic carbocycles. The number of nitro groups is 1. The average molecular weight is 481 g/mol. The van der Waals surface area contributed by atoms with Crippen molar-refractivity contribution < 1.29 is 28.0 Å². The standard InChI is InChI=1S/C23H19N3O7S/c1-12-19(24-13(2)21(12)23(28)29)10-17-16-9-15(7-8-18(16)25-22(17)27)34(32,33)11-14-5-3-4-6-20(14)26(30)31/h3-10,24H,11H2,1-2H3,(H,25,27)(H,28,29)/b17-10-. The van der Waals surface area contributed by atoms with Crippen molar-refractivity contribution in [1.82, 2.24) is 4.98 Å². The summed E-state index contributed by atoms with van der Waals surface area (Å²) in [7, 11) is -3.98. The normalized spacial score (nSPS) is 14.2. The topological polar surface area (TPSA) is 159 Å². The molecular formula is C23H19N3O7S. The molecule has 0 aliphatic carbocycles. The Labute approximate surface area is 194 Å². The first-order valence-electron chi connectivity index (χ1n) is 10.0. The number of para-hydroxylation sites is 1. The fourth-order valence-corrected chi connectivity index (χ4v) is 5.38. The van der Waals surface area contributed by atoms with Crippen LogP contribution in [-0.4, -0.2) is 35.3 Å². The predicted molar refractivity (Wildman–Crippen MR) is 124 cm³/mol. The molecule has 4 rings (SSSR count). The van der Waals surface area contributed by atoms with E-state index < -0.39 is 32.4 Å². The van der Waals surface area contributed by atoms with Gasteiger partial charge in [-0.25, -0.2) is 13.2 Å². The average Bonchev–Trinajstić information content (AvgIpc) is 3.22. The second-order valence-electron chi connectivity index (χ2n) is 7.83. The lowest BCUT2D eigenvalue weighted by atomic mass is 10.0. The minimum Gasteiger partial charge on any atom is -0.478 e. The number of carboxylic acid groups (broad SMARTS) is 1. The molecule has 174 valence electrons. The molecule has 0 atom stereocenters. The number of aromatic amines is 1. The molecule has 3 N–H and O–H groups in total. The number of amides is 1. The number of rotatable bonds is 6. The van der Waals surface area contributed by atoms with E-state index in [0.29, 0.717) is 28.2 Å². The van der Waals surface area contributed by atoms with Gasteiger partial charge in [0, 0.05) is 34.3 Å². The van der Waals surface area contributed by atoms with Crippen LogP contribution in [0.5, 0.6) is 0 Å². The lowest BCUT2D eigenvalue weighted by Crippen LogP contribution is -2.07.